The number of aryl methyl sites for hydroxylation is 1. The van der Waals surface area contributed by atoms with Gasteiger partial charge < -0.3 is 18.9 Å². The summed E-state index contributed by atoms with van der Waals surface area (Å²) >= 11 is 17.3. The monoisotopic (exact) mass is 783 g/mol. The van der Waals surface area contributed by atoms with Crippen molar-refractivity contribution in [3.63, 3.8) is 0 Å². The molecule has 274 valence electrons. The molecule has 2 atom stereocenters. The number of amides is 3. The molecule has 6 rings (SSSR count). The van der Waals surface area contributed by atoms with Gasteiger partial charge in [0.1, 0.15) is 24.7 Å². The van der Waals surface area contributed by atoms with Crippen LogP contribution in [0.3, 0.4) is 0 Å². The van der Waals surface area contributed by atoms with Crippen molar-refractivity contribution >= 4 is 81.3 Å². The van der Waals surface area contributed by atoms with Gasteiger partial charge in [-0.25, -0.2) is 24.3 Å². The van der Waals surface area contributed by atoms with Crippen molar-refractivity contribution in [2.45, 2.75) is 39.4 Å². The highest BCUT2D eigenvalue weighted by Gasteiger charge is 2.52. The second kappa shape index (κ2) is 16.7. The highest BCUT2D eigenvalue weighted by Crippen LogP contribution is 2.36. The lowest BCUT2D eigenvalue weighted by atomic mass is 10.1. The van der Waals surface area contributed by atoms with Gasteiger partial charge in [-0.3, -0.25) is 9.59 Å². The number of imide groups is 1. The fraction of sp³-hybridized carbons (Fsp3) is 0.205. The predicted molar refractivity (Wildman–Crippen MR) is 207 cm³/mol. The molecular weight excluding hydrogens is 753 g/mol. The summed E-state index contributed by atoms with van der Waals surface area (Å²) in [5, 5.41) is 9.19. The van der Waals surface area contributed by atoms with E-state index in [1.165, 1.54) is 42.2 Å². The summed E-state index contributed by atoms with van der Waals surface area (Å²) in [6.45, 7) is 18.9. The Balaban J connectivity index is 0.000000236. The van der Waals surface area contributed by atoms with E-state index < -0.39 is 29.1 Å². The van der Waals surface area contributed by atoms with Gasteiger partial charge in [0.25, 0.3) is 17.0 Å². The molecule has 0 spiro atoms. The maximum Gasteiger partial charge on any atom is 0.422 e. The Labute approximate surface area is 327 Å². The first-order chi connectivity index (χ1) is 25.2. The third-order valence-electron chi connectivity index (χ3n) is 7.95. The van der Waals surface area contributed by atoms with Crippen molar-refractivity contribution in [1.29, 1.82) is 5.26 Å². The molecule has 0 N–H and O–H groups in total. The van der Waals surface area contributed by atoms with E-state index in [1.807, 2.05) is 25.1 Å². The number of ether oxygens (including phenoxy) is 4. The second-order valence-corrected chi connectivity index (χ2v) is 13.2. The van der Waals surface area contributed by atoms with Crippen LogP contribution in [0.15, 0.2) is 84.9 Å². The molecule has 12 nitrogen and oxygen atoms in total. The van der Waals surface area contributed by atoms with E-state index in [-0.39, 0.29) is 52.9 Å². The van der Waals surface area contributed by atoms with E-state index in [1.54, 1.807) is 49.4 Å². The number of hydrogen-bond acceptors (Lipinski definition) is 9. The number of rotatable bonds is 8. The molecule has 2 aliphatic heterocycles. The molecule has 2 heterocycles. The Hall–Kier alpha value is -6.17. The zero-order valence-electron chi connectivity index (χ0n) is 28.3. The van der Waals surface area contributed by atoms with E-state index in [0.717, 1.165) is 10.5 Å². The number of hydrogen-bond donors (Lipinski definition) is 0. The normalized spacial score (nSPS) is 18.6. The lowest BCUT2D eigenvalue weighted by molar-refractivity contribution is -0.131. The first kappa shape index (κ1) is 40.6. The molecular formula is C39H31Cl2N5O7S. The first-order valence-corrected chi connectivity index (χ1v) is 16.7. The van der Waals surface area contributed by atoms with Gasteiger partial charge in [0.2, 0.25) is 22.6 Å². The number of thiocarbonyl (C=S) groups is 1. The van der Waals surface area contributed by atoms with Gasteiger partial charge in [0, 0.05) is 10.0 Å². The number of halogens is 2. The summed E-state index contributed by atoms with van der Waals surface area (Å²) in [4.78, 5) is 46.6. The van der Waals surface area contributed by atoms with E-state index in [9.17, 15) is 14.4 Å². The third kappa shape index (κ3) is 8.54. The molecule has 0 bridgehead atoms. The van der Waals surface area contributed by atoms with Gasteiger partial charge in [-0.05, 0) is 93.7 Å². The Morgan fingerprint density at radius 2 is 1.20 bits per heavy atom. The minimum atomic E-state index is -1.45. The molecule has 0 radical (unpaired) electrons. The Kier molecular flexibility index (Phi) is 12.5. The zero-order chi connectivity index (χ0) is 38.5. The van der Waals surface area contributed by atoms with Gasteiger partial charge in [-0.1, -0.05) is 60.5 Å². The van der Waals surface area contributed by atoms with Crippen molar-refractivity contribution in [3.8, 4) is 17.6 Å². The minimum absolute atomic E-state index is 0. The van der Waals surface area contributed by atoms with E-state index in [4.69, 9.17) is 72.8 Å². The third-order valence-corrected chi connectivity index (χ3v) is 8.83. The molecule has 4 aromatic rings. The maximum atomic E-state index is 12.9. The van der Waals surface area contributed by atoms with Crippen LogP contribution in [0.4, 0.5) is 27.5 Å². The molecule has 0 aliphatic carbocycles. The van der Waals surface area contributed by atoms with Crippen molar-refractivity contribution in [3.05, 3.63) is 129 Å². The van der Waals surface area contributed by atoms with Crippen molar-refractivity contribution < 1.29 is 33.3 Å². The smallest absolute Gasteiger partial charge is 0.422 e. The lowest BCUT2D eigenvalue weighted by Crippen LogP contribution is -2.43. The lowest BCUT2D eigenvalue weighted by Gasteiger charge is -2.21. The molecule has 0 aromatic heterocycles. The molecule has 15 heteroatoms. The Bertz CT molecular complexity index is 2250. The summed E-state index contributed by atoms with van der Waals surface area (Å²) in [6, 6.07) is 24.8. The highest BCUT2D eigenvalue weighted by molar-refractivity contribution is 7.80. The van der Waals surface area contributed by atoms with E-state index in [0.29, 0.717) is 22.7 Å². The summed E-state index contributed by atoms with van der Waals surface area (Å²) < 4.78 is 22.2. The van der Waals surface area contributed by atoms with Crippen LogP contribution < -0.4 is 19.3 Å². The molecule has 3 amide bonds. The Morgan fingerprint density at radius 3 is 1.67 bits per heavy atom. The Morgan fingerprint density at radius 1 is 0.759 bits per heavy atom. The van der Waals surface area contributed by atoms with Crippen molar-refractivity contribution in [1.82, 2.24) is 0 Å². The SMILES string of the molecule is C.[C-]#[N+]c1ccc(N2C(=O)C(C)(COc3ccc(C#N)cc3)OC2=S)cc1Cl.[C-]#[N+]c1ccc(N2C(=O)OC(C)(COc3ccc(C)cc3)C2=O)cc1Cl. The largest absolute Gasteiger partial charge is 0.489 e. The quantitative estimate of drug-likeness (QED) is 0.127. The summed E-state index contributed by atoms with van der Waals surface area (Å²) in [5.74, 6) is 0.123. The highest BCUT2D eigenvalue weighted by atomic mass is 35.5. The number of benzene rings is 4. The maximum absolute atomic E-state index is 12.9. The van der Waals surface area contributed by atoms with Crippen molar-refractivity contribution in [2.24, 2.45) is 0 Å². The van der Waals surface area contributed by atoms with Gasteiger partial charge in [-0.2, -0.15) is 5.26 Å². The fourth-order valence-electron chi connectivity index (χ4n) is 4.98. The average molecular weight is 785 g/mol. The number of anilines is 2. The molecule has 4 aromatic carbocycles. The summed E-state index contributed by atoms with van der Waals surface area (Å²) in [6.07, 6.45) is -0.809. The number of carbonyl (C=O) groups is 3. The fourth-order valence-corrected chi connectivity index (χ4v) is 5.79. The van der Waals surface area contributed by atoms with Gasteiger partial charge >= 0.3 is 6.09 Å². The average Bonchev–Trinajstić information content (AvgIpc) is 3.51. The number of nitriles is 1. The van der Waals surface area contributed by atoms with Crippen LogP contribution >= 0.6 is 35.4 Å². The topological polar surface area (TPSA) is 127 Å². The number of carbonyl (C=O) groups excluding carboxylic acids is 3. The molecule has 0 saturated carbocycles. The first-order valence-electron chi connectivity index (χ1n) is 15.5. The zero-order valence-corrected chi connectivity index (χ0v) is 30.6. The summed E-state index contributed by atoms with van der Waals surface area (Å²) in [5.41, 5.74) is 0.0161. The van der Waals surface area contributed by atoms with Crippen LogP contribution in [0.2, 0.25) is 10.0 Å². The van der Waals surface area contributed by atoms with Crippen LogP contribution in [0, 0.1) is 31.4 Å². The van der Waals surface area contributed by atoms with Gasteiger partial charge in [0.15, 0.2) is 0 Å². The standard InChI is InChI=1S/C19H12ClN3O3S.C19H15ClN2O4.CH4/c1-19(11-25-14-6-3-12(10-21)4-7-14)17(24)23(18(27)26-19)13-5-8-16(22-2)15(20)9-13;1-12-4-7-14(8-5-12)25-11-19(2)17(23)22(18(24)26-19)13-6-9-16(21-3)15(20)10-13;/h3-9H,11H2,1H3;4-10H,11H2,1-2H3;1H4. The minimum Gasteiger partial charge on any atom is -0.489 e. The molecule has 2 saturated heterocycles. The second-order valence-electron chi connectivity index (χ2n) is 12.0. The van der Waals surface area contributed by atoms with Crippen LogP contribution in [0.25, 0.3) is 9.69 Å². The molecule has 54 heavy (non-hydrogen) atoms. The van der Waals surface area contributed by atoms with Crippen molar-refractivity contribution in [2.75, 3.05) is 23.0 Å². The van der Waals surface area contributed by atoms with Crippen LogP contribution in [0.1, 0.15) is 32.4 Å². The molecule has 2 unspecified atom stereocenters. The van der Waals surface area contributed by atoms with Crippen LogP contribution in [-0.2, 0) is 19.1 Å². The van der Waals surface area contributed by atoms with Crippen LogP contribution in [-0.4, -0.2) is 47.5 Å². The van der Waals surface area contributed by atoms with E-state index in [2.05, 4.69) is 9.69 Å². The summed E-state index contributed by atoms with van der Waals surface area (Å²) in [7, 11) is 0. The number of nitrogens with zero attached hydrogens (tertiary/aromatic N) is 5. The molecule has 2 fully saturated rings. The number of cyclic esters (lactones) is 1. The molecule has 2 aliphatic rings. The van der Waals surface area contributed by atoms with Crippen LogP contribution in [0.5, 0.6) is 11.5 Å². The van der Waals surface area contributed by atoms with Gasteiger partial charge in [-0.15, -0.1) is 0 Å². The van der Waals surface area contributed by atoms with Gasteiger partial charge in [0.05, 0.1) is 36.2 Å². The predicted octanol–water partition coefficient (Wildman–Crippen LogP) is 9.40. The van der Waals surface area contributed by atoms with E-state index >= 15 is 0 Å².